The second-order valence-corrected chi connectivity index (χ2v) is 6.35. The molecule has 0 bridgehead atoms. The summed E-state index contributed by atoms with van der Waals surface area (Å²) in [5.74, 6) is -0.443. The van der Waals surface area contributed by atoms with Crippen molar-refractivity contribution in [2.45, 2.75) is 51.0 Å². The number of amides is 1. The second-order valence-electron chi connectivity index (χ2n) is 4.85. The molecular formula is C12H22N4O3S. The third kappa shape index (κ3) is 3.37. The summed E-state index contributed by atoms with van der Waals surface area (Å²) in [5.41, 5.74) is 0.259. The van der Waals surface area contributed by atoms with E-state index in [0.29, 0.717) is 12.1 Å². The molecule has 1 rings (SSSR count). The quantitative estimate of drug-likeness (QED) is 0.812. The third-order valence-electron chi connectivity index (χ3n) is 3.35. The number of hydrogen-bond acceptors (Lipinski definition) is 4. The van der Waals surface area contributed by atoms with Gasteiger partial charge < -0.3 is 4.90 Å². The highest BCUT2D eigenvalue weighted by Gasteiger charge is 2.29. The Morgan fingerprint density at radius 3 is 2.50 bits per heavy atom. The first kappa shape index (κ1) is 16.6. The largest absolute Gasteiger partial charge is 0.338 e. The average Bonchev–Trinajstić information content (AvgIpc) is 2.80. The lowest BCUT2D eigenvalue weighted by molar-refractivity contribution is 0.0730. The summed E-state index contributed by atoms with van der Waals surface area (Å²) >= 11 is 0. The molecule has 114 valence electrons. The van der Waals surface area contributed by atoms with Gasteiger partial charge in [0, 0.05) is 13.1 Å². The lowest BCUT2D eigenvalue weighted by atomic mass is 10.2. The van der Waals surface area contributed by atoms with E-state index in [9.17, 15) is 13.2 Å². The van der Waals surface area contributed by atoms with Gasteiger partial charge in [-0.1, -0.05) is 20.3 Å². The Kier molecular flexibility index (Phi) is 5.29. The summed E-state index contributed by atoms with van der Waals surface area (Å²) in [6.07, 6.45) is 1.96. The highest BCUT2D eigenvalue weighted by Crippen LogP contribution is 2.20. The molecule has 1 heterocycles. The van der Waals surface area contributed by atoms with Crippen LogP contribution in [0.25, 0.3) is 0 Å². The van der Waals surface area contributed by atoms with Gasteiger partial charge in [0.2, 0.25) is 10.0 Å². The molecule has 1 aromatic heterocycles. The van der Waals surface area contributed by atoms with Gasteiger partial charge in [-0.25, -0.2) is 13.6 Å². The highest BCUT2D eigenvalue weighted by molar-refractivity contribution is 7.89. The minimum Gasteiger partial charge on any atom is -0.338 e. The van der Waals surface area contributed by atoms with Crippen LogP contribution in [0.1, 0.15) is 49.8 Å². The number of nitrogens with one attached hydrogen (secondary N) is 1. The molecule has 0 fully saturated rings. The van der Waals surface area contributed by atoms with E-state index in [1.165, 1.54) is 4.90 Å². The standard InChI is InChI=1S/C12H22N4O3S/c1-5-7-9-11(20(13,18)19)10(15-14-9)12(17)16(4)8(3)6-2/h8H,5-7H2,1-4H3,(H,14,15)(H2,13,18,19). The van der Waals surface area contributed by atoms with Gasteiger partial charge in [-0.15, -0.1) is 0 Å². The number of aryl methyl sites for hydroxylation is 1. The zero-order chi connectivity index (χ0) is 15.5. The molecule has 0 saturated heterocycles. The Labute approximate surface area is 119 Å². The molecule has 0 radical (unpaired) electrons. The lowest BCUT2D eigenvalue weighted by Crippen LogP contribution is -2.36. The molecule has 20 heavy (non-hydrogen) atoms. The number of nitrogens with two attached hydrogens (primary N) is 1. The minimum absolute atomic E-state index is 0.0119. The summed E-state index contributed by atoms with van der Waals surface area (Å²) in [6.45, 7) is 5.73. The number of hydrogen-bond donors (Lipinski definition) is 2. The van der Waals surface area contributed by atoms with Crippen LogP contribution in [0.3, 0.4) is 0 Å². The molecule has 1 atom stereocenters. The first-order chi connectivity index (χ1) is 9.23. The summed E-state index contributed by atoms with van der Waals surface area (Å²) in [7, 11) is -2.37. The van der Waals surface area contributed by atoms with Crippen LogP contribution in [0.15, 0.2) is 4.90 Å². The van der Waals surface area contributed by atoms with Crippen molar-refractivity contribution in [1.29, 1.82) is 0 Å². The molecule has 3 N–H and O–H groups in total. The van der Waals surface area contributed by atoms with Crippen molar-refractivity contribution in [3.05, 3.63) is 11.4 Å². The van der Waals surface area contributed by atoms with Gasteiger partial charge in [0.05, 0.1) is 5.69 Å². The highest BCUT2D eigenvalue weighted by atomic mass is 32.2. The molecule has 0 aliphatic heterocycles. The Morgan fingerprint density at radius 1 is 1.45 bits per heavy atom. The van der Waals surface area contributed by atoms with Gasteiger partial charge in [0.25, 0.3) is 5.91 Å². The van der Waals surface area contributed by atoms with Gasteiger partial charge in [-0.05, 0) is 19.8 Å². The maximum atomic E-state index is 12.4. The first-order valence-corrected chi connectivity index (χ1v) is 8.15. The molecule has 0 aliphatic rings. The van der Waals surface area contributed by atoms with E-state index in [1.54, 1.807) is 7.05 Å². The van der Waals surface area contributed by atoms with Crippen LogP contribution in [0.4, 0.5) is 0 Å². The summed E-state index contributed by atoms with van der Waals surface area (Å²) < 4.78 is 23.4. The van der Waals surface area contributed by atoms with Gasteiger partial charge >= 0.3 is 0 Å². The number of rotatable bonds is 6. The van der Waals surface area contributed by atoms with Gasteiger partial charge in [-0.3, -0.25) is 9.89 Å². The lowest BCUT2D eigenvalue weighted by Gasteiger charge is -2.23. The Balaban J connectivity index is 3.29. The van der Waals surface area contributed by atoms with Crippen LogP contribution < -0.4 is 5.14 Å². The van der Waals surface area contributed by atoms with Gasteiger partial charge in [0.1, 0.15) is 4.90 Å². The maximum Gasteiger partial charge on any atom is 0.275 e. The van der Waals surface area contributed by atoms with Gasteiger partial charge in [-0.2, -0.15) is 5.10 Å². The van der Waals surface area contributed by atoms with Gasteiger partial charge in [0.15, 0.2) is 5.69 Å². The topological polar surface area (TPSA) is 109 Å². The molecule has 1 unspecified atom stereocenters. The van der Waals surface area contributed by atoms with Crippen molar-refractivity contribution in [3.63, 3.8) is 0 Å². The molecule has 0 aliphatic carbocycles. The van der Waals surface area contributed by atoms with E-state index < -0.39 is 15.9 Å². The first-order valence-electron chi connectivity index (χ1n) is 6.61. The SMILES string of the molecule is CCCc1[nH]nc(C(=O)N(C)C(C)CC)c1S(N)(=O)=O. The zero-order valence-electron chi connectivity index (χ0n) is 12.3. The number of aromatic nitrogens is 2. The molecule has 0 spiro atoms. The van der Waals surface area contributed by atoms with E-state index in [4.69, 9.17) is 5.14 Å². The van der Waals surface area contributed by atoms with Crippen LogP contribution in [-0.4, -0.2) is 42.5 Å². The number of primary sulfonamides is 1. The smallest absolute Gasteiger partial charge is 0.275 e. The molecule has 8 heteroatoms. The molecule has 1 amide bonds. The van der Waals surface area contributed by atoms with Crippen LogP contribution in [-0.2, 0) is 16.4 Å². The minimum atomic E-state index is -4.00. The number of aromatic amines is 1. The number of sulfonamides is 1. The number of nitrogens with zero attached hydrogens (tertiary/aromatic N) is 2. The van der Waals surface area contributed by atoms with E-state index in [-0.39, 0.29) is 16.6 Å². The Morgan fingerprint density at radius 2 is 2.05 bits per heavy atom. The molecule has 1 aromatic rings. The normalized spacial score (nSPS) is 13.2. The monoisotopic (exact) mass is 302 g/mol. The fourth-order valence-corrected chi connectivity index (χ4v) is 2.77. The second kappa shape index (κ2) is 6.36. The number of carbonyl (C=O) groups is 1. The van der Waals surface area contributed by atoms with Crippen LogP contribution >= 0.6 is 0 Å². The van der Waals surface area contributed by atoms with Crippen molar-refractivity contribution in [1.82, 2.24) is 15.1 Å². The van der Waals surface area contributed by atoms with Crippen molar-refractivity contribution < 1.29 is 13.2 Å². The van der Waals surface area contributed by atoms with Crippen LogP contribution in [0.5, 0.6) is 0 Å². The van der Waals surface area contributed by atoms with E-state index in [1.807, 2.05) is 20.8 Å². The van der Waals surface area contributed by atoms with E-state index in [0.717, 1.165) is 12.8 Å². The summed E-state index contributed by atoms with van der Waals surface area (Å²) in [6, 6.07) is -0.0119. The zero-order valence-corrected chi connectivity index (χ0v) is 13.1. The fourth-order valence-electron chi connectivity index (χ4n) is 1.88. The van der Waals surface area contributed by atoms with Crippen LogP contribution in [0.2, 0.25) is 0 Å². The molecule has 0 saturated carbocycles. The van der Waals surface area contributed by atoms with E-state index >= 15 is 0 Å². The maximum absolute atomic E-state index is 12.4. The summed E-state index contributed by atoms with van der Waals surface area (Å²) in [4.78, 5) is 13.6. The third-order valence-corrected chi connectivity index (χ3v) is 4.36. The molecular weight excluding hydrogens is 280 g/mol. The predicted octanol–water partition coefficient (Wildman–Crippen LogP) is 0.880. The molecule has 7 nitrogen and oxygen atoms in total. The van der Waals surface area contributed by atoms with Crippen molar-refractivity contribution in [3.8, 4) is 0 Å². The number of carbonyl (C=O) groups excluding carboxylic acids is 1. The summed E-state index contributed by atoms with van der Waals surface area (Å²) in [5, 5.41) is 11.7. The molecule has 0 aromatic carbocycles. The Bertz CT molecular complexity index is 580. The van der Waals surface area contributed by atoms with Crippen molar-refractivity contribution >= 4 is 15.9 Å². The Hall–Kier alpha value is -1.41. The number of H-pyrrole nitrogens is 1. The van der Waals surface area contributed by atoms with Crippen molar-refractivity contribution in [2.24, 2.45) is 5.14 Å². The van der Waals surface area contributed by atoms with Crippen LogP contribution in [0, 0.1) is 0 Å². The fraction of sp³-hybridized carbons (Fsp3) is 0.667. The average molecular weight is 302 g/mol. The predicted molar refractivity (Wildman–Crippen MR) is 75.8 cm³/mol. The van der Waals surface area contributed by atoms with Crippen molar-refractivity contribution in [2.75, 3.05) is 7.05 Å². The van der Waals surface area contributed by atoms with E-state index in [2.05, 4.69) is 10.2 Å².